The molecule has 0 saturated carbocycles. The average Bonchev–Trinajstić information content (AvgIpc) is 3.14. The van der Waals surface area contributed by atoms with Crippen molar-refractivity contribution in [3.05, 3.63) is 23.8 Å². The first-order chi connectivity index (χ1) is 12.5. The molecule has 3 rings (SSSR count). The summed E-state index contributed by atoms with van der Waals surface area (Å²) in [6.45, 7) is 5.42. The normalized spacial score (nSPS) is 20.2. The van der Waals surface area contributed by atoms with Crippen LogP contribution >= 0.6 is 0 Å². The van der Waals surface area contributed by atoms with Gasteiger partial charge in [0.05, 0.1) is 18.6 Å². The van der Waals surface area contributed by atoms with Crippen molar-refractivity contribution in [3.63, 3.8) is 0 Å². The van der Waals surface area contributed by atoms with Crippen LogP contribution in [0.25, 0.3) is 0 Å². The highest BCUT2D eigenvalue weighted by Gasteiger charge is 2.33. The van der Waals surface area contributed by atoms with Crippen molar-refractivity contribution >= 4 is 11.8 Å². The van der Waals surface area contributed by atoms with Crippen molar-refractivity contribution in [1.82, 2.24) is 10.2 Å². The van der Waals surface area contributed by atoms with Crippen LogP contribution in [-0.4, -0.2) is 49.1 Å². The van der Waals surface area contributed by atoms with E-state index in [9.17, 15) is 9.59 Å². The Kier molecular flexibility index (Phi) is 5.66. The van der Waals surface area contributed by atoms with Crippen LogP contribution in [0.3, 0.4) is 0 Å². The number of carbonyl (C=O) groups is 2. The fraction of sp³-hybridized carbons (Fsp3) is 0.579. The molecule has 142 valence electrons. The number of carbonyl (C=O) groups excluding carboxylic acids is 2. The number of hydrogen-bond donors (Lipinski definition) is 2. The van der Waals surface area contributed by atoms with Gasteiger partial charge in [0.2, 0.25) is 11.8 Å². The van der Waals surface area contributed by atoms with E-state index in [4.69, 9.17) is 15.2 Å². The third-order valence-corrected chi connectivity index (χ3v) is 4.96. The number of likely N-dealkylation sites (tertiary alicyclic amines) is 1. The van der Waals surface area contributed by atoms with E-state index in [0.29, 0.717) is 19.8 Å². The molecule has 0 spiro atoms. The summed E-state index contributed by atoms with van der Waals surface area (Å²) < 4.78 is 11.4. The van der Waals surface area contributed by atoms with Crippen LogP contribution in [0.5, 0.6) is 11.5 Å². The van der Waals surface area contributed by atoms with Crippen molar-refractivity contribution in [2.24, 2.45) is 11.7 Å². The molecule has 2 atom stereocenters. The predicted octanol–water partition coefficient (Wildman–Crippen LogP) is 1.22. The standard InChI is InChI=1S/C19H27N3O4/c1-12(2)17(20)19(24)21-11-16(23)22-8-4-6-14(22)13-5-3-7-15-18(13)26-10-9-25-15/h3,5,7,12,14,17H,4,6,8-11,20H2,1-2H3,(H,21,24)/t14?,17-/m0/s1. The number of fused-ring (bicyclic) bond motifs is 1. The van der Waals surface area contributed by atoms with Gasteiger partial charge in [0.25, 0.3) is 0 Å². The Morgan fingerprint density at radius 2 is 2.08 bits per heavy atom. The number of hydrogen-bond acceptors (Lipinski definition) is 5. The molecular formula is C19H27N3O4. The van der Waals surface area contributed by atoms with Crippen LogP contribution in [0, 0.1) is 5.92 Å². The summed E-state index contributed by atoms with van der Waals surface area (Å²) in [7, 11) is 0. The molecule has 0 bridgehead atoms. The number of amides is 2. The lowest BCUT2D eigenvalue weighted by Gasteiger charge is -2.29. The van der Waals surface area contributed by atoms with Crippen molar-refractivity contribution in [2.45, 2.75) is 38.8 Å². The maximum atomic E-state index is 12.7. The Balaban J connectivity index is 1.69. The van der Waals surface area contributed by atoms with Gasteiger partial charge < -0.3 is 25.4 Å². The second-order valence-corrected chi connectivity index (χ2v) is 7.10. The molecule has 1 unspecified atom stereocenters. The van der Waals surface area contributed by atoms with Gasteiger partial charge in [0.1, 0.15) is 13.2 Å². The molecule has 7 heteroatoms. The molecule has 0 aliphatic carbocycles. The summed E-state index contributed by atoms with van der Waals surface area (Å²) >= 11 is 0. The molecular weight excluding hydrogens is 334 g/mol. The number of nitrogens with two attached hydrogens (primary N) is 1. The molecule has 1 aromatic rings. The number of benzene rings is 1. The molecule has 0 radical (unpaired) electrons. The number of nitrogens with one attached hydrogen (secondary N) is 1. The smallest absolute Gasteiger partial charge is 0.242 e. The molecule has 7 nitrogen and oxygen atoms in total. The Bertz CT molecular complexity index is 677. The van der Waals surface area contributed by atoms with E-state index >= 15 is 0 Å². The number of para-hydroxylation sites is 1. The first kappa shape index (κ1) is 18.5. The lowest BCUT2D eigenvalue weighted by molar-refractivity contribution is -0.134. The summed E-state index contributed by atoms with van der Waals surface area (Å²) in [5.41, 5.74) is 6.80. The van der Waals surface area contributed by atoms with Gasteiger partial charge in [-0.05, 0) is 24.8 Å². The Morgan fingerprint density at radius 1 is 1.31 bits per heavy atom. The summed E-state index contributed by atoms with van der Waals surface area (Å²) in [6, 6.07) is 5.12. The maximum Gasteiger partial charge on any atom is 0.242 e. The van der Waals surface area contributed by atoms with Crippen LogP contribution in [-0.2, 0) is 9.59 Å². The molecule has 0 aromatic heterocycles. The molecule has 3 N–H and O–H groups in total. The molecule has 1 aromatic carbocycles. The highest BCUT2D eigenvalue weighted by atomic mass is 16.6. The van der Waals surface area contributed by atoms with Crippen molar-refractivity contribution < 1.29 is 19.1 Å². The van der Waals surface area contributed by atoms with E-state index in [2.05, 4.69) is 5.32 Å². The Hall–Kier alpha value is -2.28. The van der Waals surface area contributed by atoms with E-state index in [1.54, 1.807) is 0 Å². The molecule has 1 saturated heterocycles. The molecule has 1 fully saturated rings. The van der Waals surface area contributed by atoms with Crippen molar-refractivity contribution in [2.75, 3.05) is 26.3 Å². The largest absolute Gasteiger partial charge is 0.486 e. The zero-order chi connectivity index (χ0) is 18.7. The predicted molar refractivity (Wildman–Crippen MR) is 96.9 cm³/mol. The van der Waals surface area contributed by atoms with Crippen molar-refractivity contribution in [1.29, 1.82) is 0 Å². The zero-order valence-electron chi connectivity index (χ0n) is 15.4. The van der Waals surface area contributed by atoms with Crippen LogP contribution < -0.4 is 20.5 Å². The minimum absolute atomic E-state index is 0.0256. The second kappa shape index (κ2) is 7.95. The van der Waals surface area contributed by atoms with Crippen LogP contribution in [0.15, 0.2) is 18.2 Å². The summed E-state index contributed by atoms with van der Waals surface area (Å²) in [6.07, 6.45) is 1.78. The third kappa shape index (κ3) is 3.77. The highest BCUT2D eigenvalue weighted by Crippen LogP contribution is 2.42. The lowest BCUT2D eigenvalue weighted by Crippen LogP contribution is -2.47. The highest BCUT2D eigenvalue weighted by molar-refractivity contribution is 5.87. The number of rotatable bonds is 5. The molecule has 26 heavy (non-hydrogen) atoms. The number of nitrogens with zero attached hydrogens (tertiary/aromatic N) is 1. The Morgan fingerprint density at radius 3 is 2.85 bits per heavy atom. The van der Waals surface area contributed by atoms with Gasteiger partial charge in [0, 0.05) is 12.1 Å². The fourth-order valence-corrected chi connectivity index (χ4v) is 3.43. The fourth-order valence-electron chi connectivity index (χ4n) is 3.43. The van der Waals surface area contributed by atoms with Gasteiger partial charge in [-0.1, -0.05) is 26.0 Å². The van der Waals surface area contributed by atoms with Crippen LogP contribution in [0.2, 0.25) is 0 Å². The summed E-state index contributed by atoms with van der Waals surface area (Å²) in [5.74, 6) is 1.08. The minimum Gasteiger partial charge on any atom is -0.486 e. The lowest BCUT2D eigenvalue weighted by atomic mass is 10.0. The molecule has 2 heterocycles. The second-order valence-electron chi connectivity index (χ2n) is 7.10. The van der Waals surface area contributed by atoms with Crippen LogP contribution in [0.1, 0.15) is 38.3 Å². The average molecular weight is 361 g/mol. The monoisotopic (exact) mass is 361 g/mol. The van der Waals surface area contributed by atoms with Gasteiger partial charge in [-0.25, -0.2) is 0 Å². The SMILES string of the molecule is CC(C)[C@H](N)C(=O)NCC(=O)N1CCCC1c1cccc2c1OCCO2. The zero-order valence-corrected chi connectivity index (χ0v) is 15.4. The van der Waals surface area contributed by atoms with Gasteiger partial charge in [-0.3, -0.25) is 9.59 Å². The van der Waals surface area contributed by atoms with Gasteiger partial charge in [0.15, 0.2) is 11.5 Å². The van der Waals surface area contributed by atoms with Crippen molar-refractivity contribution in [3.8, 4) is 11.5 Å². The van der Waals surface area contributed by atoms with Crippen LogP contribution in [0.4, 0.5) is 0 Å². The van der Waals surface area contributed by atoms with E-state index in [0.717, 1.165) is 29.9 Å². The minimum atomic E-state index is -0.608. The maximum absolute atomic E-state index is 12.7. The molecule has 2 aliphatic heterocycles. The Labute approximate surface area is 153 Å². The van der Waals surface area contributed by atoms with E-state index in [1.807, 2.05) is 36.9 Å². The molecule has 2 amide bonds. The first-order valence-electron chi connectivity index (χ1n) is 9.20. The topological polar surface area (TPSA) is 93.9 Å². The van der Waals surface area contributed by atoms with Gasteiger partial charge in [-0.2, -0.15) is 0 Å². The van der Waals surface area contributed by atoms with E-state index in [-0.39, 0.29) is 30.3 Å². The quantitative estimate of drug-likeness (QED) is 0.822. The van der Waals surface area contributed by atoms with E-state index < -0.39 is 6.04 Å². The summed E-state index contributed by atoms with van der Waals surface area (Å²) in [4.78, 5) is 26.5. The van der Waals surface area contributed by atoms with Gasteiger partial charge >= 0.3 is 0 Å². The molecule has 2 aliphatic rings. The summed E-state index contributed by atoms with van der Waals surface area (Å²) in [5, 5.41) is 2.66. The van der Waals surface area contributed by atoms with E-state index in [1.165, 1.54) is 0 Å². The third-order valence-electron chi connectivity index (χ3n) is 4.96. The number of ether oxygens (including phenoxy) is 2. The van der Waals surface area contributed by atoms with Gasteiger partial charge in [-0.15, -0.1) is 0 Å². The first-order valence-corrected chi connectivity index (χ1v) is 9.20.